The van der Waals surface area contributed by atoms with Crippen LogP contribution in [-0.4, -0.2) is 9.97 Å². The molecule has 3 rings (SSSR count). The number of pyridine rings is 1. The molecule has 0 radical (unpaired) electrons. The number of H-pyrrole nitrogens is 1. The van der Waals surface area contributed by atoms with Crippen LogP contribution >= 0.6 is 11.6 Å². The van der Waals surface area contributed by atoms with E-state index in [2.05, 4.69) is 35.1 Å². The number of benzene rings is 1. The van der Waals surface area contributed by atoms with Crippen molar-refractivity contribution >= 4 is 33.4 Å². The van der Waals surface area contributed by atoms with Gasteiger partial charge in [0.05, 0.1) is 11.2 Å². The van der Waals surface area contributed by atoms with E-state index in [0.717, 1.165) is 22.1 Å². The van der Waals surface area contributed by atoms with Crippen molar-refractivity contribution in [1.29, 1.82) is 0 Å². The van der Waals surface area contributed by atoms with Gasteiger partial charge in [0.1, 0.15) is 5.15 Å². The molecule has 0 bridgehead atoms. The predicted octanol–water partition coefficient (Wildman–Crippen LogP) is 3.99. The van der Waals surface area contributed by atoms with E-state index in [1.54, 1.807) is 0 Å². The van der Waals surface area contributed by atoms with Gasteiger partial charge in [0, 0.05) is 16.3 Å². The molecule has 2 nitrogen and oxygen atoms in total. The summed E-state index contributed by atoms with van der Waals surface area (Å²) in [7, 11) is 0. The van der Waals surface area contributed by atoms with Crippen LogP contribution in [0.3, 0.4) is 0 Å². The number of hydrogen-bond acceptors (Lipinski definition) is 1. The monoisotopic (exact) mass is 230 g/mol. The molecule has 80 valence electrons. The molecule has 0 saturated heterocycles. The Morgan fingerprint density at radius 2 is 1.94 bits per heavy atom. The third-order valence-electron chi connectivity index (χ3n) is 2.89. The minimum Gasteiger partial charge on any atom is -0.353 e. The number of fused-ring (bicyclic) bond motifs is 3. The van der Waals surface area contributed by atoms with Crippen molar-refractivity contribution in [2.24, 2.45) is 0 Å². The summed E-state index contributed by atoms with van der Waals surface area (Å²) >= 11 is 5.99. The van der Waals surface area contributed by atoms with Crippen LogP contribution in [0.25, 0.3) is 21.8 Å². The van der Waals surface area contributed by atoms with Gasteiger partial charge in [0.25, 0.3) is 0 Å². The molecule has 0 aliphatic rings. The van der Waals surface area contributed by atoms with Gasteiger partial charge in [-0.05, 0) is 31.5 Å². The van der Waals surface area contributed by atoms with Gasteiger partial charge in [-0.15, -0.1) is 0 Å². The van der Waals surface area contributed by atoms with E-state index in [-0.39, 0.29) is 0 Å². The predicted molar refractivity (Wildman–Crippen MR) is 68.1 cm³/mol. The Labute approximate surface area is 98.3 Å². The summed E-state index contributed by atoms with van der Waals surface area (Å²) < 4.78 is 0. The van der Waals surface area contributed by atoms with Crippen LogP contribution in [0.5, 0.6) is 0 Å². The summed E-state index contributed by atoms with van der Waals surface area (Å²) in [5, 5.41) is 2.90. The molecule has 3 aromatic rings. The second kappa shape index (κ2) is 3.22. The van der Waals surface area contributed by atoms with E-state index in [0.29, 0.717) is 5.15 Å². The van der Waals surface area contributed by atoms with Gasteiger partial charge < -0.3 is 4.98 Å². The lowest BCUT2D eigenvalue weighted by Crippen LogP contribution is -1.82. The molecule has 2 heterocycles. The first-order chi connectivity index (χ1) is 7.65. The van der Waals surface area contributed by atoms with E-state index >= 15 is 0 Å². The Bertz CT molecular complexity index is 698. The number of hydrogen-bond donors (Lipinski definition) is 1. The highest BCUT2D eigenvalue weighted by atomic mass is 35.5. The molecule has 0 fully saturated rings. The summed E-state index contributed by atoms with van der Waals surface area (Å²) in [5.74, 6) is 0. The number of halogens is 1. The maximum Gasteiger partial charge on any atom is 0.130 e. The van der Waals surface area contributed by atoms with Gasteiger partial charge >= 0.3 is 0 Å². The minimum absolute atomic E-state index is 0.548. The first-order valence-corrected chi connectivity index (χ1v) is 5.58. The number of aromatic amines is 1. The van der Waals surface area contributed by atoms with Gasteiger partial charge in [0.2, 0.25) is 0 Å². The van der Waals surface area contributed by atoms with Gasteiger partial charge in [0.15, 0.2) is 0 Å². The number of aromatic nitrogens is 2. The van der Waals surface area contributed by atoms with Crippen molar-refractivity contribution in [3.8, 4) is 0 Å². The molecule has 1 N–H and O–H groups in total. The van der Waals surface area contributed by atoms with E-state index in [1.807, 2.05) is 13.0 Å². The molecule has 0 aliphatic carbocycles. The fourth-order valence-corrected chi connectivity index (χ4v) is 2.37. The van der Waals surface area contributed by atoms with Gasteiger partial charge in [-0.3, -0.25) is 0 Å². The Morgan fingerprint density at radius 1 is 1.12 bits per heavy atom. The lowest BCUT2D eigenvalue weighted by atomic mass is 10.1. The summed E-state index contributed by atoms with van der Waals surface area (Å²) in [6.45, 7) is 4.06. The first-order valence-electron chi connectivity index (χ1n) is 5.20. The fourth-order valence-electron chi connectivity index (χ4n) is 2.14. The summed E-state index contributed by atoms with van der Waals surface area (Å²) in [6, 6.07) is 8.29. The highest BCUT2D eigenvalue weighted by molar-refractivity contribution is 6.30. The van der Waals surface area contributed by atoms with E-state index in [4.69, 9.17) is 11.6 Å². The number of nitrogens with one attached hydrogen (secondary N) is 1. The molecule has 0 spiro atoms. The molecule has 0 aliphatic heterocycles. The number of aryl methyl sites for hydroxylation is 2. The van der Waals surface area contributed by atoms with E-state index in [9.17, 15) is 0 Å². The smallest absolute Gasteiger partial charge is 0.130 e. The lowest BCUT2D eigenvalue weighted by Gasteiger charge is -1.96. The first kappa shape index (κ1) is 9.67. The average Bonchev–Trinajstić information content (AvgIpc) is 2.56. The van der Waals surface area contributed by atoms with E-state index < -0.39 is 0 Å². The highest BCUT2D eigenvalue weighted by Crippen LogP contribution is 2.29. The van der Waals surface area contributed by atoms with Crippen LogP contribution in [0.4, 0.5) is 0 Å². The van der Waals surface area contributed by atoms with Crippen LogP contribution < -0.4 is 0 Å². The molecule has 16 heavy (non-hydrogen) atoms. The SMILES string of the molecule is Cc1ccc2c(c1)[nH]c1c(C)nc(Cl)cc12. The Balaban J connectivity index is 2.55. The molecular formula is C13H11ClN2. The zero-order valence-corrected chi connectivity index (χ0v) is 9.89. The Kier molecular flexibility index (Phi) is 1.95. The van der Waals surface area contributed by atoms with Crippen LogP contribution in [0.1, 0.15) is 11.3 Å². The maximum atomic E-state index is 5.99. The van der Waals surface area contributed by atoms with Crippen molar-refractivity contribution in [2.45, 2.75) is 13.8 Å². The Hall–Kier alpha value is -1.54. The quantitative estimate of drug-likeness (QED) is 0.582. The van der Waals surface area contributed by atoms with Crippen LogP contribution in [0.15, 0.2) is 24.3 Å². The van der Waals surface area contributed by atoms with Crippen molar-refractivity contribution in [3.05, 3.63) is 40.7 Å². The van der Waals surface area contributed by atoms with Gasteiger partial charge in [-0.25, -0.2) is 4.98 Å². The zero-order chi connectivity index (χ0) is 11.3. The molecule has 3 heteroatoms. The average molecular weight is 231 g/mol. The summed E-state index contributed by atoms with van der Waals surface area (Å²) in [6.07, 6.45) is 0. The molecule has 0 atom stereocenters. The van der Waals surface area contributed by atoms with Crippen LogP contribution in [-0.2, 0) is 0 Å². The number of nitrogens with zero attached hydrogens (tertiary/aromatic N) is 1. The largest absolute Gasteiger partial charge is 0.353 e. The third-order valence-corrected chi connectivity index (χ3v) is 3.09. The van der Waals surface area contributed by atoms with Crippen molar-refractivity contribution < 1.29 is 0 Å². The number of rotatable bonds is 0. The molecule has 0 unspecified atom stereocenters. The molecule has 2 aromatic heterocycles. The van der Waals surface area contributed by atoms with E-state index in [1.165, 1.54) is 10.9 Å². The minimum atomic E-state index is 0.548. The zero-order valence-electron chi connectivity index (χ0n) is 9.13. The second-order valence-electron chi connectivity index (χ2n) is 4.13. The summed E-state index contributed by atoms with van der Waals surface area (Å²) in [4.78, 5) is 7.65. The van der Waals surface area contributed by atoms with Crippen molar-refractivity contribution in [2.75, 3.05) is 0 Å². The fraction of sp³-hybridized carbons (Fsp3) is 0.154. The van der Waals surface area contributed by atoms with Gasteiger partial charge in [-0.1, -0.05) is 23.7 Å². The van der Waals surface area contributed by atoms with Crippen molar-refractivity contribution in [1.82, 2.24) is 9.97 Å². The topological polar surface area (TPSA) is 28.7 Å². The molecular weight excluding hydrogens is 220 g/mol. The Morgan fingerprint density at radius 3 is 2.75 bits per heavy atom. The molecule has 0 saturated carbocycles. The lowest BCUT2D eigenvalue weighted by molar-refractivity contribution is 1.22. The van der Waals surface area contributed by atoms with Crippen LogP contribution in [0.2, 0.25) is 5.15 Å². The standard InChI is InChI=1S/C13H11ClN2/c1-7-3-4-9-10-6-12(14)15-8(2)13(10)16-11(9)5-7/h3-6,16H,1-2H3. The normalized spacial score (nSPS) is 11.4. The van der Waals surface area contributed by atoms with Crippen molar-refractivity contribution in [3.63, 3.8) is 0 Å². The second-order valence-corrected chi connectivity index (χ2v) is 4.51. The van der Waals surface area contributed by atoms with Gasteiger partial charge in [-0.2, -0.15) is 0 Å². The van der Waals surface area contributed by atoms with Crippen LogP contribution in [0, 0.1) is 13.8 Å². The highest BCUT2D eigenvalue weighted by Gasteiger charge is 2.08. The third kappa shape index (κ3) is 1.30. The maximum absolute atomic E-state index is 5.99. The summed E-state index contributed by atoms with van der Waals surface area (Å²) in [5.41, 5.74) is 4.40. The molecule has 1 aromatic carbocycles. The molecule has 0 amide bonds.